The van der Waals surface area contributed by atoms with Gasteiger partial charge in [-0.1, -0.05) is 54.6 Å². The molecule has 1 heterocycles. The Morgan fingerprint density at radius 1 is 0.933 bits per heavy atom. The van der Waals surface area contributed by atoms with E-state index in [4.69, 9.17) is 15.0 Å². The molecule has 0 aliphatic heterocycles. The number of ether oxygens (including phenoxy) is 1. The van der Waals surface area contributed by atoms with Crippen molar-refractivity contribution in [2.75, 3.05) is 12.4 Å². The van der Waals surface area contributed by atoms with Gasteiger partial charge in [-0.25, -0.2) is 4.98 Å². The summed E-state index contributed by atoms with van der Waals surface area (Å²) < 4.78 is 5.22. The first-order valence-electron chi connectivity index (χ1n) is 9.66. The molecule has 0 atom stereocenters. The number of rotatable bonds is 7. The largest absolute Gasteiger partial charge is 0.497 e. The maximum Gasteiger partial charge on any atom is 0.183 e. The molecule has 0 fully saturated rings. The summed E-state index contributed by atoms with van der Waals surface area (Å²) in [6.45, 7) is 0.696. The lowest BCUT2D eigenvalue weighted by Gasteiger charge is -2.04. The van der Waals surface area contributed by atoms with Crippen LogP contribution in [-0.4, -0.2) is 12.1 Å². The fourth-order valence-corrected chi connectivity index (χ4v) is 4.19. The molecule has 3 aromatic carbocycles. The molecule has 0 saturated heterocycles. The Morgan fingerprint density at radius 3 is 2.30 bits per heavy atom. The number of aromatic nitrogens is 1. The van der Waals surface area contributed by atoms with Gasteiger partial charge in [0, 0.05) is 23.4 Å². The van der Waals surface area contributed by atoms with E-state index in [0.29, 0.717) is 12.1 Å². The molecule has 1 aromatic heterocycles. The van der Waals surface area contributed by atoms with E-state index in [0.717, 1.165) is 34.1 Å². The Hall–Kier alpha value is -3.62. The summed E-state index contributed by atoms with van der Waals surface area (Å²) in [5, 5.41) is 13.4. The minimum Gasteiger partial charge on any atom is -0.497 e. The zero-order valence-corrected chi connectivity index (χ0v) is 17.4. The van der Waals surface area contributed by atoms with Crippen LogP contribution >= 0.6 is 11.3 Å². The number of anilines is 1. The summed E-state index contributed by atoms with van der Waals surface area (Å²) in [4.78, 5) is 6.09. The highest BCUT2D eigenvalue weighted by atomic mass is 32.1. The van der Waals surface area contributed by atoms with Crippen molar-refractivity contribution in [1.82, 2.24) is 4.98 Å². The van der Waals surface area contributed by atoms with Gasteiger partial charge >= 0.3 is 0 Å². The smallest absolute Gasteiger partial charge is 0.183 e. The zero-order chi connectivity index (χ0) is 20.8. The van der Waals surface area contributed by atoms with Gasteiger partial charge < -0.3 is 10.1 Å². The monoisotopic (exact) mass is 411 g/mol. The molecule has 4 aromatic rings. The van der Waals surface area contributed by atoms with Crippen LogP contribution in [0.25, 0.3) is 11.3 Å². The number of hydrogen-bond acceptors (Lipinski definition) is 5. The lowest BCUT2D eigenvalue weighted by Crippen LogP contribution is -1.98. The van der Waals surface area contributed by atoms with Crippen molar-refractivity contribution in [1.29, 1.82) is 5.26 Å². The normalized spacial score (nSPS) is 10.4. The van der Waals surface area contributed by atoms with Gasteiger partial charge in [-0.3, -0.25) is 0 Å². The first-order valence-corrected chi connectivity index (χ1v) is 10.5. The SMILES string of the molecule is COc1ccc(CNc2nc(-c3ccccc3)c(Cc3ccc(C#N)cc3)s2)cc1. The van der Waals surface area contributed by atoms with Gasteiger partial charge in [0.25, 0.3) is 0 Å². The lowest BCUT2D eigenvalue weighted by molar-refractivity contribution is 0.414. The number of hydrogen-bond donors (Lipinski definition) is 1. The van der Waals surface area contributed by atoms with Crippen molar-refractivity contribution in [2.45, 2.75) is 13.0 Å². The maximum absolute atomic E-state index is 9.02. The maximum atomic E-state index is 9.02. The van der Waals surface area contributed by atoms with Gasteiger partial charge in [-0.05, 0) is 35.4 Å². The molecule has 30 heavy (non-hydrogen) atoms. The van der Waals surface area contributed by atoms with Crippen molar-refractivity contribution in [2.24, 2.45) is 0 Å². The third-order valence-electron chi connectivity index (χ3n) is 4.80. The highest BCUT2D eigenvalue weighted by molar-refractivity contribution is 7.16. The summed E-state index contributed by atoms with van der Waals surface area (Å²) in [5.41, 5.74) is 5.11. The third kappa shape index (κ3) is 4.68. The van der Waals surface area contributed by atoms with Crippen LogP contribution in [0.1, 0.15) is 21.6 Å². The number of methoxy groups -OCH3 is 1. The average Bonchev–Trinajstić information content (AvgIpc) is 3.21. The van der Waals surface area contributed by atoms with Crippen molar-refractivity contribution < 1.29 is 4.74 Å². The average molecular weight is 412 g/mol. The van der Waals surface area contributed by atoms with Crippen molar-refractivity contribution in [3.63, 3.8) is 0 Å². The van der Waals surface area contributed by atoms with Crippen LogP contribution in [0.15, 0.2) is 78.9 Å². The van der Waals surface area contributed by atoms with Gasteiger partial charge in [0.15, 0.2) is 5.13 Å². The number of thiazole rings is 1. The fraction of sp³-hybridized carbons (Fsp3) is 0.120. The summed E-state index contributed by atoms with van der Waals surface area (Å²) in [5.74, 6) is 0.851. The zero-order valence-electron chi connectivity index (χ0n) is 16.6. The van der Waals surface area contributed by atoms with Crippen LogP contribution in [0.4, 0.5) is 5.13 Å². The molecule has 0 saturated carbocycles. The second-order valence-electron chi connectivity index (χ2n) is 6.84. The van der Waals surface area contributed by atoms with Crippen LogP contribution in [0.3, 0.4) is 0 Å². The third-order valence-corrected chi connectivity index (χ3v) is 5.81. The molecule has 4 nitrogen and oxygen atoms in total. The van der Waals surface area contributed by atoms with Gasteiger partial charge in [0.2, 0.25) is 0 Å². The van der Waals surface area contributed by atoms with Gasteiger partial charge in [-0.15, -0.1) is 11.3 Å². The molecule has 0 aliphatic carbocycles. The van der Waals surface area contributed by atoms with E-state index in [1.165, 1.54) is 10.4 Å². The van der Waals surface area contributed by atoms with Gasteiger partial charge in [-0.2, -0.15) is 5.26 Å². The van der Waals surface area contributed by atoms with Crippen LogP contribution in [-0.2, 0) is 13.0 Å². The molecule has 0 amide bonds. The van der Waals surface area contributed by atoms with Gasteiger partial charge in [0.05, 0.1) is 24.4 Å². The molecule has 0 spiro atoms. The Kier molecular flexibility index (Phi) is 6.07. The molecule has 4 rings (SSSR count). The van der Waals surface area contributed by atoms with Crippen molar-refractivity contribution in [3.8, 4) is 23.1 Å². The Morgan fingerprint density at radius 2 is 1.63 bits per heavy atom. The minimum atomic E-state index is 0.674. The standard InChI is InChI=1S/C25H21N3OS/c1-29-22-13-11-20(12-14-22)17-27-25-28-24(21-5-3-2-4-6-21)23(30-25)15-18-7-9-19(16-26)10-8-18/h2-14H,15,17H2,1H3,(H,27,28). The second-order valence-corrected chi connectivity index (χ2v) is 7.93. The van der Waals surface area contributed by atoms with Crippen LogP contribution in [0, 0.1) is 11.3 Å². The predicted octanol–water partition coefficient (Wildman–Crippen LogP) is 5.89. The van der Waals surface area contributed by atoms with Crippen molar-refractivity contribution >= 4 is 16.5 Å². The molecule has 1 N–H and O–H groups in total. The number of benzene rings is 3. The predicted molar refractivity (Wildman–Crippen MR) is 122 cm³/mol. The second kappa shape index (κ2) is 9.25. The Labute approximate surface area is 180 Å². The molecule has 0 aliphatic rings. The topological polar surface area (TPSA) is 57.9 Å². The molecule has 0 radical (unpaired) electrons. The van der Waals surface area contributed by atoms with E-state index < -0.39 is 0 Å². The summed E-state index contributed by atoms with van der Waals surface area (Å²) >= 11 is 1.67. The molecular formula is C25H21N3OS. The van der Waals surface area contributed by atoms with Crippen molar-refractivity contribution in [3.05, 3.63) is 100 Å². The summed E-state index contributed by atoms with van der Waals surface area (Å²) in [7, 11) is 1.67. The molecule has 0 unspecified atom stereocenters. The summed E-state index contributed by atoms with van der Waals surface area (Å²) in [6.07, 6.45) is 0.776. The van der Waals surface area contributed by atoms with E-state index in [9.17, 15) is 0 Å². The molecule has 148 valence electrons. The molecule has 0 bridgehead atoms. The Bertz CT molecular complexity index is 1140. The van der Waals surface area contributed by atoms with E-state index in [-0.39, 0.29) is 0 Å². The highest BCUT2D eigenvalue weighted by Crippen LogP contribution is 2.33. The first-order chi connectivity index (χ1) is 14.7. The van der Waals surface area contributed by atoms with E-state index in [1.807, 2.05) is 54.6 Å². The van der Waals surface area contributed by atoms with Crippen LogP contribution in [0.5, 0.6) is 5.75 Å². The Balaban J connectivity index is 1.57. The first kappa shape index (κ1) is 19.7. The quantitative estimate of drug-likeness (QED) is 0.412. The number of nitriles is 1. The summed E-state index contributed by atoms with van der Waals surface area (Å²) in [6, 6.07) is 28.2. The van der Waals surface area contributed by atoms with Crippen LogP contribution in [0.2, 0.25) is 0 Å². The molecule has 5 heteroatoms. The van der Waals surface area contributed by atoms with Gasteiger partial charge in [0.1, 0.15) is 5.75 Å². The lowest BCUT2D eigenvalue weighted by atomic mass is 10.1. The fourth-order valence-electron chi connectivity index (χ4n) is 3.17. The molecular weight excluding hydrogens is 390 g/mol. The van der Waals surface area contributed by atoms with E-state index in [1.54, 1.807) is 18.4 Å². The van der Waals surface area contributed by atoms with E-state index in [2.05, 4.69) is 35.7 Å². The minimum absolute atomic E-state index is 0.674. The van der Waals surface area contributed by atoms with Crippen LogP contribution < -0.4 is 10.1 Å². The highest BCUT2D eigenvalue weighted by Gasteiger charge is 2.14. The number of nitrogens with one attached hydrogen (secondary N) is 1. The van der Waals surface area contributed by atoms with E-state index >= 15 is 0 Å². The number of nitrogens with zero attached hydrogens (tertiary/aromatic N) is 2.